The summed E-state index contributed by atoms with van der Waals surface area (Å²) in [5.41, 5.74) is 6.39. The van der Waals surface area contributed by atoms with Gasteiger partial charge in [0.15, 0.2) is 0 Å². The van der Waals surface area contributed by atoms with Gasteiger partial charge in [0.25, 0.3) is 0 Å². The van der Waals surface area contributed by atoms with E-state index in [1.54, 1.807) is 0 Å². The Labute approximate surface area is 197 Å². The van der Waals surface area contributed by atoms with E-state index in [-0.39, 0.29) is 0 Å². The van der Waals surface area contributed by atoms with Crippen LogP contribution in [0, 0.1) is 0 Å². The molecule has 0 saturated heterocycles. The molecule has 0 atom stereocenters. The molecule has 0 unspecified atom stereocenters. The third-order valence-corrected chi connectivity index (χ3v) is 7.09. The molecule has 1 nitrogen and oxygen atoms in total. The molecule has 1 aromatic heterocycles. The van der Waals surface area contributed by atoms with Gasteiger partial charge in [-0.05, 0) is 68.1 Å². The van der Waals surface area contributed by atoms with Crippen LogP contribution in [0.4, 0.5) is 0 Å². The van der Waals surface area contributed by atoms with Crippen molar-refractivity contribution in [3.8, 4) is 11.1 Å². The van der Waals surface area contributed by atoms with Crippen molar-refractivity contribution in [3.05, 3.63) is 109 Å². The Morgan fingerprint density at radius 1 is 0.647 bits per heavy atom. The first-order valence-electron chi connectivity index (χ1n) is 11.7. The SMILES string of the molecule is C=Cc1cc2c(cc1/C=C\C)oc1c(-c3ccc4ccc5cccc6ccc3c4c56)cccc12. The monoisotopic (exact) mass is 434 g/mol. The smallest absolute Gasteiger partial charge is 0.143 e. The van der Waals surface area contributed by atoms with E-state index < -0.39 is 0 Å². The zero-order chi connectivity index (χ0) is 22.8. The second kappa shape index (κ2) is 7.07. The number of furan rings is 1. The van der Waals surface area contributed by atoms with Crippen molar-refractivity contribution in [2.24, 2.45) is 0 Å². The number of benzene rings is 6. The maximum absolute atomic E-state index is 6.55. The fourth-order valence-electron chi connectivity index (χ4n) is 5.56. The van der Waals surface area contributed by atoms with Gasteiger partial charge >= 0.3 is 0 Å². The van der Waals surface area contributed by atoms with Gasteiger partial charge in [0.05, 0.1) is 0 Å². The Bertz CT molecular complexity index is 1910. The average Bonchev–Trinajstić information content (AvgIpc) is 3.24. The zero-order valence-corrected chi connectivity index (χ0v) is 18.9. The Morgan fingerprint density at radius 2 is 1.38 bits per heavy atom. The predicted molar refractivity (Wildman–Crippen MR) is 148 cm³/mol. The Hall–Kier alpha value is -4.36. The second-order valence-electron chi connectivity index (χ2n) is 8.93. The maximum Gasteiger partial charge on any atom is 0.143 e. The second-order valence-corrected chi connectivity index (χ2v) is 8.93. The summed E-state index contributed by atoms with van der Waals surface area (Å²) in [5, 5.41) is 10.0. The molecule has 0 fully saturated rings. The van der Waals surface area contributed by atoms with E-state index in [4.69, 9.17) is 4.42 Å². The molecule has 0 aliphatic heterocycles. The highest BCUT2D eigenvalue weighted by Gasteiger charge is 2.17. The molecule has 0 amide bonds. The third kappa shape index (κ3) is 2.55. The lowest BCUT2D eigenvalue weighted by molar-refractivity contribution is 0.670. The first-order chi connectivity index (χ1) is 16.8. The number of para-hydroxylation sites is 1. The van der Waals surface area contributed by atoms with Crippen LogP contribution in [-0.2, 0) is 0 Å². The highest BCUT2D eigenvalue weighted by molar-refractivity contribution is 6.26. The summed E-state index contributed by atoms with van der Waals surface area (Å²) in [5.74, 6) is 0. The van der Waals surface area contributed by atoms with Crippen LogP contribution in [0.2, 0.25) is 0 Å². The number of fused-ring (bicyclic) bond motifs is 3. The maximum atomic E-state index is 6.55. The van der Waals surface area contributed by atoms with Gasteiger partial charge in [-0.25, -0.2) is 0 Å². The summed E-state index contributed by atoms with van der Waals surface area (Å²) in [6.07, 6.45) is 6.07. The van der Waals surface area contributed by atoms with E-state index in [1.807, 2.05) is 19.1 Å². The average molecular weight is 435 g/mol. The van der Waals surface area contributed by atoms with E-state index in [2.05, 4.69) is 97.6 Å². The normalized spacial score (nSPS) is 12.3. The Kier molecular flexibility index (Phi) is 3.98. The topological polar surface area (TPSA) is 13.1 Å². The first kappa shape index (κ1) is 19.1. The molecule has 160 valence electrons. The number of hydrogen-bond acceptors (Lipinski definition) is 1. The van der Waals surface area contributed by atoms with E-state index in [0.717, 1.165) is 38.6 Å². The van der Waals surface area contributed by atoms with Gasteiger partial charge < -0.3 is 4.42 Å². The van der Waals surface area contributed by atoms with Crippen LogP contribution in [-0.4, -0.2) is 0 Å². The standard InChI is InChI=1S/C33H22O/c1-3-7-24-19-30-29(18-20(24)4-2)28-11-6-10-27(33(28)34-30)25-16-14-23-13-12-21-8-5-9-22-15-17-26(25)32(23)31(21)22/h3-19H,2H2,1H3/b7-3-. The molecule has 7 aromatic rings. The fourth-order valence-corrected chi connectivity index (χ4v) is 5.56. The summed E-state index contributed by atoms with van der Waals surface area (Å²) in [6, 6.07) is 30.8. The van der Waals surface area contributed by atoms with E-state index in [0.29, 0.717) is 0 Å². The fraction of sp³-hybridized carbons (Fsp3) is 0.0303. The van der Waals surface area contributed by atoms with Crippen LogP contribution < -0.4 is 0 Å². The minimum atomic E-state index is 0.902. The molecule has 0 radical (unpaired) electrons. The molecule has 34 heavy (non-hydrogen) atoms. The van der Waals surface area contributed by atoms with E-state index >= 15 is 0 Å². The predicted octanol–water partition coefficient (Wildman–Crippen LogP) is 9.83. The summed E-state index contributed by atoms with van der Waals surface area (Å²) in [4.78, 5) is 0. The van der Waals surface area contributed by atoms with Crippen LogP contribution in [0.1, 0.15) is 18.1 Å². The lowest BCUT2D eigenvalue weighted by atomic mass is 9.89. The quantitative estimate of drug-likeness (QED) is 0.252. The van der Waals surface area contributed by atoms with Crippen molar-refractivity contribution in [1.29, 1.82) is 0 Å². The van der Waals surface area contributed by atoms with Crippen LogP contribution >= 0.6 is 0 Å². The van der Waals surface area contributed by atoms with Gasteiger partial charge in [-0.1, -0.05) is 97.6 Å². The molecule has 1 heteroatoms. The Balaban J connectivity index is 1.58. The third-order valence-electron chi connectivity index (χ3n) is 7.09. The molecule has 0 saturated carbocycles. The van der Waals surface area contributed by atoms with Gasteiger partial charge in [-0.2, -0.15) is 0 Å². The van der Waals surface area contributed by atoms with Crippen LogP contribution in [0.25, 0.3) is 77.5 Å². The van der Waals surface area contributed by atoms with Gasteiger partial charge in [-0.3, -0.25) is 0 Å². The lowest BCUT2D eigenvalue weighted by Gasteiger charge is -2.14. The molecular weight excluding hydrogens is 412 g/mol. The molecule has 1 heterocycles. The van der Waals surface area contributed by atoms with Crippen LogP contribution in [0.5, 0.6) is 0 Å². The highest BCUT2D eigenvalue weighted by atomic mass is 16.3. The number of allylic oxidation sites excluding steroid dienone is 1. The summed E-state index contributed by atoms with van der Waals surface area (Å²) >= 11 is 0. The molecule has 7 rings (SSSR count). The minimum Gasteiger partial charge on any atom is -0.455 e. The largest absolute Gasteiger partial charge is 0.455 e. The van der Waals surface area contributed by atoms with Gasteiger partial charge in [-0.15, -0.1) is 0 Å². The minimum absolute atomic E-state index is 0.902. The first-order valence-corrected chi connectivity index (χ1v) is 11.7. The van der Waals surface area contributed by atoms with Gasteiger partial charge in [0.1, 0.15) is 11.2 Å². The molecule has 0 N–H and O–H groups in total. The van der Waals surface area contributed by atoms with Gasteiger partial charge in [0.2, 0.25) is 0 Å². The van der Waals surface area contributed by atoms with Crippen molar-refractivity contribution in [1.82, 2.24) is 0 Å². The highest BCUT2D eigenvalue weighted by Crippen LogP contribution is 2.43. The zero-order valence-electron chi connectivity index (χ0n) is 18.9. The lowest BCUT2D eigenvalue weighted by Crippen LogP contribution is -1.87. The Morgan fingerprint density at radius 3 is 2.18 bits per heavy atom. The number of rotatable bonds is 3. The summed E-state index contributed by atoms with van der Waals surface area (Å²) in [7, 11) is 0. The molecule has 0 aliphatic rings. The molecule has 6 aromatic carbocycles. The van der Waals surface area contributed by atoms with Crippen molar-refractivity contribution >= 4 is 66.4 Å². The number of hydrogen-bond donors (Lipinski definition) is 0. The van der Waals surface area contributed by atoms with E-state index in [1.165, 1.54) is 37.9 Å². The molecule has 0 bridgehead atoms. The van der Waals surface area contributed by atoms with E-state index in [9.17, 15) is 0 Å². The molecule has 0 aliphatic carbocycles. The van der Waals surface area contributed by atoms with Crippen molar-refractivity contribution in [2.45, 2.75) is 6.92 Å². The van der Waals surface area contributed by atoms with Crippen LogP contribution in [0.3, 0.4) is 0 Å². The summed E-state index contributed by atoms with van der Waals surface area (Å²) in [6.45, 7) is 6.05. The van der Waals surface area contributed by atoms with Crippen molar-refractivity contribution in [3.63, 3.8) is 0 Å². The molecular formula is C33H22O. The molecule has 0 spiro atoms. The summed E-state index contributed by atoms with van der Waals surface area (Å²) < 4.78 is 6.55. The van der Waals surface area contributed by atoms with Crippen molar-refractivity contribution in [2.75, 3.05) is 0 Å². The van der Waals surface area contributed by atoms with Crippen molar-refractivity contribution < 1.29 is 4.42 Å². The van der Waals surface area contributed by atoms with Gasteiger partial charge in [0, 0.05) is 16.3 Å². The van der Waals surface area contributed by atoms with Crippen LogP contribution in [0.15, 0.2) is 102 Å².